The average molecular weight is 164 g/mol. The third-order valence-electron chi connectivity index (χ3n) is 0.787. The van der Waals surface area contributed by atoms with E-state index in [9.17, 15) is 4.39 Å². The predicted molar refractivity (Wildman–Crippen MR) is 36.5 cm³/mol. The zero-order valence-corrected chi connectivity index (χ0v) is 5.96. The molecular formula is C5H3ClFNS. The molecule has 1 nitrogen and oxygen atoms in total. The van der Waals surface area contributed by atoms with Crippen molar-refractivity contribution in [1.29, 1.82) is 0 Å². The van der Waals surface area contributed by atoms with Crippen LogP contribution in [0.5, 0.6) is 0 Å². The molecule has 1 aromatic rings. The Hall–Kier alpha value is -0.280. The Morgan fingerprint density at radius 3 is 2.78 bits per heavy atom. The molecule has 0 radical (unpaired) electrons. The molecule has 4 heteroatoms. The van der Waals surface area contributed by atoms with E-state index >= 15 is 0 Å². The molecule has 0 spiro atoms. The van der Waals surface area contributed by atoms with Crippen LogP contribution in [0.1, 0.15) is 0 Å². The lowest BCUT2D eigenvalue weighted by molar-refractivity contribution is 0.558. The van der Waals surface area contributed by atoms with Crippen LogP contribution in [0.25, 0.3) is 0 Å². The number of hydrogen-bond acceptors (Lipinski definition) is 2. The molecule has 0 atom stereocenters. The molecule has 1 aromatic heterocycles. The first-order valence-corrected chi connectivity index (χ1v) is 3.02. The molecule has 48 valence electrons. The number of hydrogen-bond donors (Lipinski definition) is 1. The van der Waals surface area contributed by atoms with E-state index < -0.39 is 5.95 Å². The quantitative estimate of drug-likeness (QED) is 0.457. The van der Waals surface area contributed by atoms with Crippen molar-refractivity contribution in [3.63, 3.8) is 0 Å². The van der Waals surface area contributed by atoms with E-state index in [0.29, 0.717) is 5.02 Å². The molecule has 0 N–H and O–H groups in total. The summed E-state index contributed by atoms with van der Waals surface area (Å²) in [5.74, 6) is -0.595. The summed E-state index contributed by atoms with van der Waals surface area (Å²) in [6.07, 6.45) is 1.23. The van der Waals surface area contributed by atoms with Crippen LogP contribution in [-0.2, 0) is 0 Å². The van der Waals surface area contributed by atoms with Crippen molar-refractivity contribution in [3.8, 4) is 0 Å². The van der Waals surface area contributed by atoms with E-state index in [1.165, 1.54) is 12.3 Å². The number of aromatic nitrogens is 1. The third kappa shape index (κ3) is 1.56. The molecule has 0 aliphatic carbocycles. The van der Waals surface area contributed by atoms with Crippen molar-refractivity contribution >= 4 is 24.2 Å². The van der Waals surface area contributed by atoms with E-state index in [-0.39, 0.29) is 4.90 Å². The van der Waals surface area contributed by atoms with E-state index in [1.807, 2.05) is 0 Å². The second kappa shape index (κ2) is 2.54. The van der Waals surface area contributed by atoms with Crippen molar-refractivity contribution < 1.29 is 4.39 Å². The highest BCUT2D eigenvalue weighted by atomic mass is 35.5. The van der Waals surface area contributed by atoms with Gasteiger partial charge in [-0.3, -0.25) is 0 Å². The van der Waals surface area contributed by atoms with Gasteiger partial charge >= 0.3 is 0 Å². The van der Waals surface area contributed by atoms with Gasteiger partial charge in [0, 0.05) is 6.20 Å². The van der Waals surface area contributed by atoms with Crippen LogP contribution in [0.2, 0.25) is 5.02 Å². The molecule has 0 aromatic carbocycles. The van der Waals surface area contributed by atoms with Gasteiger partial charge in [0.15, 0.2) is 0 Å². The zero-order chi connectivity index (χ0) is 6.85. The van der Waals surface area contributed by atoms with Crippen molar-refractivity contribution in [2.45, 2.75) is 4.90 Å². The van der Waals surface area contributed by atoms with Crippen molar-refractivity contribution in [2.24, 2.45) is 0 Å². The second-order valence-electron chi connectivity index (χ2n) is 1.46. The van der Waals surface area contributed by atoms with Gasteiger partial charge in [0.05, 0.1) is 9.92 Å². The lowest BCUT2D eigenvalue weighted by Gasteiger charge is -1.91. The molecular weight excluding hydrogens is 161 g/mol. The van der Waals surface area contributed by atoms with Gasteiger partial charge in [-0.05, 0) is 6.07 Å². The summed E-state index contributed by atoms with van der Waals surface area (Å²) in [4.78, 5) is 3.47. The summed E-state index contributed by atoms with van der Waals surface area (Å²) in [5, 5.41) is 0.390. The molecule has 0 saturated heterocycles. The Balaban J connectivity index is 3.17. The lowest BCUT2D eigenvalue weighted by Crippen LogP contribution is -1.81. The van der Waals surface area contributed by atoms with Crippen molar-refractivity contribution in [1.82, 2.24) is 4.98 Å². The summed E-state index contributed by atoms with van der Waals surface area (Å²) in [5.41, 5.74) is 0. The highest BCUT2D eigenvalue weighted by Gasteiger charge is 1.97. The summed E-state index contributed by atoms with van der Waals surface area (Å²) in [7, 11) is 0. The maximum absolute atomic E-state index is 12.3. The first kappa shape index (κ1) is 6.83. The molecule has 0 aliphatic rings. The maximum atomic E-state index is 12.3. The van der Waals surface area contributed by atoms with Gasteiger partial charge in [0.2, 0.25) is 5.95 Å². The molecule has 1 heterocycles. The van der Waals surface area contributed by atoms with Gasteiger partial charge in [0.1, 0.15) is 0 Å². The molecule has 0 saturated carbocycles. The molecule has 0 bridgehead atoms. The molecule has 0 amide bonds. The fourth-order valence-electron chi connectivity index (χ4n) is 0.412. The van der Waals surface area contributed by atoms with Crippen LogP contribution in [0.3, 0.4) is 0 Å². The molecule has 0 fully saturated rings. The van der Waals surface area contributed by atoms with Crippen molar-refractivity contribution in [3.05, 3.63) is 23.2 Å². The van der Waals surface area contributed by atoms with Crippen LogP contribution in [0.15, 0.2) is 17.2 Å². The zero-order valence-electron chi connectivity index (χ0n) is 4.31. The Bertz CT molecular complexity index is 228. The summed E-state index contributed by atoms with van der Waals surface area (Å²) >= 11 is 9.18. The normalized spacial score (nSPS) is 9.67. The highest BCUT2D eigenvalue weighted by molar-refractivity contribution is 7.80. The van der Waals surface area contributed by atoms with Gasteiger partial charge in [-0.1, -0.05) is 11.6 Å². The topological polar surface area (TPSA) is 12.9 Å². The van der Waals surface area contributed by atoms with Gasteiger partial charge in [-0.25, -0.2) is 4.98 Å². The minimum atomic E-state index is -0.595. The maximum Gasteiger partial charge on any atom is 0.226 e. The average Bonchev–Trinajstić information content (AvgIpc) is 1.80. The molecule has 1 rings (SSSR count). The van der Waals surface area contributed by atoms with E-state index in [1.54, 1.807) is 0 Å². The smallest absolute Gasteiger partial charge is 0.226 e. The molecule has 0 aliphatic heterocycles. The standard InChI is InChI=1S/C5H3ClFNS/c6-3-1-4(9)5(7)8-2-3/h1-2,9H. The van der Waals surface area contributed by atoms with E-state index in [2.05, 4.69) is 17.6 Å². The fourth-order valence-corrected chi connectivity index (χ4v) is 0.843. The van der Waals surface area contributed by atoms with Gasteiger partial charge in [-0.15, -0.1) is 12.6 Å². The Morgan fingerprint density at radius 1 is 1.67 bits per heavy atom. The van der Waals surface area contributed by atoms with Gasteiger partial charge < -0.3 is 0 Å². The SMILES string of the molecule is Fc1ncc(Cl)cc1S. The number of halogens is 2. The largest absolute Gasteiger partial charge is 0.226 e. The lowest BCUT2D eigenvalue weighted by atomic mass is 10.5. The summed E-state index contributed by atoms with van der Waals surface area (Å²) in [6.45, 7) is 0. The van der Waals surface area contributed by atoms with Crippen LogP contribution in [0, 0.1) is 5.95 Å². The Morgan fingerprint density at radius 2 is 2.33 bits per heavy atom. The third-order valence-corrected chi connectivity index (χ3v) is 1.31. The highest BCUT2D eigenvalue weighted by Crippen LogP contribution is 2.14. The number of rotatable bonds is 0. The van der Waals surface area contributed by atoms with Crippen LogP contribution in [-0.4, -0.2) is 4.98 Å². The van der Waals surface area contributed by atoms with Crippen LogP contribution < -0.4 is 0 Å². The number of thiol groups is 1. The summed E-state index contributed by atoms with van der Waals surface area (Å²) < 4.78 is 12.3. The number of nitrogens with zero attached hydrogens (tertiary/aromatic N) is 1. The Kier molecular flexibility index (Phi) is 1.93. The summed E-state index contributed by atoms with van der Waals surface area (Å²) in [6, 6.07) is 1.40. The molecule has 9 heavy (non-hydrogen) atoms. The minimum Gasteiger partial charge on any atom is -0.226 e. The first-order chi connectivity index (χ1) is 4.20. The Labute approximate surface area is 62.3 Å². The second-order valence-corrected chi connectivity index (χ2v) is 2.38. The van der Waals surface area contributed by atoms with E-state index in [0.717, 1.165) is 0 Å². The first-order valence-electron chi connectivity index (χ1n) is 2.20. The van der Waals surface area contributed by atoms with Crippen molar-refractivity contribution in [2.75, 3.05) is 0 Å². The fraction of sp³-hybridized carbons (Fsp3) is 0. The van der Waals surface area contributed by atoms with Crippen LogP contribution >= 0.6 is 24.2 Å². The molecule has 0 unspecified atom stereocenters. The minimum absolute atomic E-state index is 0.169. The predicted octanol–water partition coefficient (Wildman–Crippen LogP) is 2.16. The monoisotopic (exact) mass is 163 g/mol. The number of pyridine rings is 1. The van der Waals surface area contributed by atoms with Crippen LogP contribution in [0.4, 0.5) is 4.39 Å². The van der Waals surface area contributed by atoms with Gasteiger partial charge in [0.25, 0.3) is 0 Å². The van der Waals surface area contributed by atoms with E-state index in [4.69, 9.17) is 11.6 Å². The van der Waals surface area contributed by atoms with Gasteiger partial charge in [-0.2, -0.15) is 4.39 Å².